The van der Waals surface area contributed by atoms with Crippen LogP contribution in [0.4, 0.5) is 0 Å². The van der Waals surface area contributed by atoms with Gasteiger partial charge in [-0.25, -0.2) is 9.97 Å². The van der Waals surface area contributed by atoms with Crippen LogP contribution >= 0.6 is 0 Å². The van der Waals surface area contributed by atoms with E-state index < -0.39 is 0 Å². The van der Waals surface area contributed by atoms with Crippen molar-refractivity contribution in [3.63, 3.8) is 0 Å². The second kappa shape index (κ2) is 10.2. The minimum absolute atomic E-state index is 0.00851. The van der Waals surface area contributed by atoms with Crippen molar-refractivity contribution in [1.29, 1.82) is 0 Å². The molecule has 4 heterocycles. The molecule has 0 spiro atoms. The van der Waals surface area contributed by atoms with Gasteiger partial charge in [-0.2, -0.15) is 0 Å². The average molecular weight is 608 g/mol. The number of benzene rings is 3. The highest BCUT2D eigenvalue weighted by Crippen LogP contribution is 2.38. The molecule has 46 heavy (non-hydrogen) atoms. The number of pyridine rings is 1. The van der Waals surface area contributed by atoms with Crippen LogP contribution in [0.15, 0.2) is 84.9 Å². The molecule has 0 unspecified atom stereocenters. The largest absolute Gasteiger partial charge is 0.344 e. The molecule has 0 amide bonds. The fourth-order valence-corrected chi connectivity index (χ4v) is 6.45. The summed E-state index contributed by atoms with van der Waals surface area (Å²) in [7, 11) is 2.10. The number of hydrogen-bond donors (Lipinski definition) is 1. The maximum Gasteiger partial charge on any atom is 0.147 e. The molecule has 0 radical (unpaired) electrons. The minimum Gasteiger partial charge on any atom is -0.344 e. The van der Waals surface area contributed by atoms with E-state index in [2.05, 4.69) is 162 Å². The number of imidazole rings is 1. The highest BCUT2D eigenvalue weighted by Gasteiger charge is 2.23. The fraction of sp³-hybridized carbons (Fsp3) is 0.317. The Morgan fingerprint density at radius 1 is 0.587 bits per heavy atom. The SMILES string of the molecule is Cn1c(-c2cc(-c3ccc4c5cc(C(C)(C)C)ccc5n(-c5ccc(C(C)(C)C)[nH]5)c4n3)cc(C(C)(C)C)c2)nc2ccccc21. The van der Waals surface area contributed by atoms with Crippen molar-refractivity contribution in [3.8, 4) is 28.5 Å². The van der Waals surface area contributed by atoms with Crippen molar-refractivity contribution in [2.45, 2.75) is 78.6 Å². The van der Waals surface area contributed by atoms with Crippen LogP contribution in [-0.4, -0.2) is 24.1 Å². The van der Waals surface area contributed by atoms with Crippen LogP contribution in [0.1, 0.15) is 79.1 Å². The Morgan fingerprint density at radius 2 is 1.30 bits per heavy atom. The summed E-state index contributed by atoms with van der Waals surface area (Å²) in [6, 6.07) is 30.9. The van der Waals surface area contributed by atoms with Crippen molar-refractivity contribution >= 4 is 33.0 Å². The van der Waals surface area contributed by atoms with Crippen molar-refractivity contribution in [2.24, 2.45) is 7.05 Å². The highest BCUT2D eigenvalue weighted by molar-refractivity contribution is 6.08. The first-order valence-electron chi connectivity index (χ1n) is 16.3. The van der Waals surface area contributed by atoms with Crippen LogP contribution in [0.25, 0.3) is 61.4 Å². The second-order valence-electron chi connectivity index (χ2n) is 15.9. The van der Waals surface area contributed by atoms with Crippen LogP contribution in [0, 0.1) is 0 Å². The first kappa shape index (κ1) is 30.0. The molecule has 0 fully saturated rings. The molecule has 5 nitrogen and oxygen atoms in total. The topological polar surface area (TPSA) is 51.4 Å². The number of rotatable bonds is 3. The Hall–Kier alpha value is -4.64. The van der Waals surface area contributed by atoms with Gasteiger partial charge in [-0.1, -0.05) is 80.5 Å². The molecule has 1 N–H and O–H groups in total. The van der Waals surface area contributed by atoms with Crippen molar-refractivity contribution in [3.05, 3.63) is 102 Å². The lowest BCUT2D eigenvalue weighted by Crippen LogP contribution is -2.12. The first-order valence-corrected chi connectivity index (χ1v) is 16.3. The molecule has 4 aromatic heterocycles. The summed E-state index contributed by atoms with van der Waals surface area (Å²) in [5.41, 5.74) is 11.1. The van der Waals surface area contributed by atoms with Crippen molar-refractivity contribution in [1.82, 2.24) is 24.1 Å². The summed E-state index contributed by atoms with van der Waals surface area (Å²) in [5, 5.41) is 2.37. The van der Waals surface area contributed by atoms with Gasteiger partial charge in [0.25, 0.3) is 0 Å². The molecule has 0 aliphatic rings. The van der Waals surface area contributed by atoms with Crippen LogP contribution in [0.3, 0.4) is 0 Å². The van der Waals surface area contributed by atoms with Crippen LogP contribution in [0.2, 0.25) is 0 Å². The summed E-state index contributed by atoms with van der Waals surface area (Å²) in [5.74, 6) is 1.99. The molecular formula is C41H45N5. The molecule has 5 heteroatoms. The van der Waals surface area contributed by atoms with Gasteiger partial charge >= 0.3 is 0 Å². The third kappa shape index (κ3) is 5.02. The molecule has 0 aliphatic carbocycles. The summed E-state index contributed by atoms with van der Waals surface area (Å²) in [6.07, 6.45) is 0. The number of nitrogens with one attached hydrogen (secondary N) is 1. The molecule has 0 saturated heterocycles. The molecule has 0 atom stereocenters. The lowest BCUT2D eigenvalue weighted by atomic mass is 9.84. The van der Waals surface area contributed by atoms with Gasteiger partial charge in [0.1, 0.15) is 17.3 Å². The van der Waals surface area contributed by atoms with Gasteiger partial charge in [0.05, 0.1) is 22.2 Å². The zero-order chi connectivity index (χ0) is 32.8. The van der Waals surface area contributed by atoms with Gasteiger partial charge in [0, 0.05) is 40.1 Å². The van der Waals surface area contributed by atoms with Crippen molar-refractivity contribution < 1.29 is 0 Å². The first-order chi connectivity index (χ1) is 21.6. The number of fused-ring (bicyclic) bond motifs is 4. The van der Waals surface area contributed by atoms with Crippen molar-refractivity contribution in [2.75, 3.05) is 0 Å². The standard InChI is InChI=1S/C41H45N5/c1-39(2,3)27-15-18-33-30(24-27)29-16-17-31(42-38(29)46(33)36-20-19-35(44-36)41(7,8)9)25-21-26(23-28(22-25)40(4,5)6)37-43-32-13-11-12-14-34(32)45(37)10/h11-24,44H,1-10H3. The predicted molar refractivity (Wildman–Crippen MR) is 194 cm³/mol. The summed E-state index contributed by atoms with van der Waals surface area (Å²) in [4.78, 5) is 14.3. The molecular weight excluding hydrogens is 562 g/mol. The number of para-hydroxylation sites is 2. The summed E-state index contributed by atoms with van der Waals surface area (Å²) >= 11 is 0. The van der Waals surface area contributed by atoms with E-state index in [-0.39, 0.29) is 16.2 Å². The smallest absolute Gasteiger partial charge is 0.147 e. The van der Waals surface area contributed by atoms with Gasteiger partial charge in [0.15, 0.2) is 0 Å². The Balaban J connectivity index is 1.49. The quantitative estimate of drug-likeness (QED) is 0.217. The van der Waals surface area contributed by atoms with Gasteiger partial charge in [0.2, 0.25) is 0 Å². The molecule has 234 valence electrons. The van der Waals surface area contributed by atoms with E-state index >= 15 is 0 Å². The Morgan fingerprint density at radius 3 is 1.98 bits per heavy atom. The van der Waals surface area contributed by atoms with Gasteiger partial charge in [-0.05, 0) is 88.7 Å². The number of H-pyrrole nitrogens is 1. The highest BCUT2D eigenvalue weighted by atomic mass is 15.1. The van der Waals surface area contributed by atoms with E-state index in [9.17, 15) is 0 Å². The molecule has 7 rings (SSSR count). The summed E-state index contributed by atoms with van der Waals surface area (Å²) < 4.78 is 4.50. The number of aryl methyl sites for hydroxylation is 1. The number of aromatic nitrogens is 5. The van der Waals surface area contributed by atoms with E-state index in [1.54, 1.807) is 0 Å². The third-order valence-electron chi connectivity index (χ3n) is 9.34. The normalized spacial score (nSPS) is 13.0. The van der Waals surface area contributed by atoms with E-state index in [4.69, 9.17) is 9.97 Å². The third-order valence-corrected chi connectivity index (χ3v) is 9.34. The lowest BCUT2D eigenvalue weighted by molar-refractivity contribution is 0.572. The monoisotopic (exact) mass is 607 g/mol. The lowest BCUT2D eigenvalue weighted by Gasteiger charge is -2.21. The Bertz CT molecular complexity index is 2270. The molecule has 0 aliphatic heterocycles. The molecule has 0 bridgehead atoms. The molecule has 3 aromatic carbocycles. The molecule has 7 aromatic rings. The van der Waals surface area contributed by atoms with Gasteiger partial charge < -0.3 is 9.55 Å². The van der Waals surface area contributed by atoms with Crippen LogP contribution in [-0.2, 0) is 23.3 Å². The molecule has 0 saturated carbocycles. The Labute approximate surface area is 272 Å². The van der Waals surface area contributed by atoms with Gasteiger partial charge in [-0.3, -0.25) is 4.57 Å². The number of aromatic amines is 1. The summed E-state index contributed by atoms with van der Waals surface area (Å²) in [6.45, 7) is 20.3. The Kier molecular flexibility index (Phi) is 6.65. The van der Waals surface area contributed by atoms with E-state index in [1.807, 2.05) is 6.07 Å². The minimum atomic E-state index is -0.0503. The van der Waals surface area contributed by atoms with E-state index in [0.717, 1.165) is 56.0 Å². The van der Waals surface area contributed by atoms with E-state index in [1.165, 1.54) is 22.2 Å². The zero-order valence-electron chi connectivity index (χ0n) is 28.9. The van der Waals surface area contributed by atoms with Crippen LogP contribution < -0.4 is 0 Å². The maximum absolute atomic E-state index is 5.46. The number of nitrogens with zero attached hydrogens (tertiary/aromatic N) is 4. The average Bonchev–Trinajstić information content (AvgIpc) is 3.70. The fourth-order valence-electron chi connectivity index (χ4n) is 6.45. The van der Waals surface area contributed by atoms with Crippen LogP contribution in [0.5, 0.6) is 0 Å². The van der Waals surface area contributed by atoms with Gasteiger partial charge in [-0.15, -0.1) is 0 Å². The predicted octanol–water partition coefficient (Wildman–Crippen LogP) is 10.6. The zero-order valence-corrected chi connectivity index (χ0v) is 28.9. The second-order valence-corrected chi connectivity index (χ2v) is 15.9. The maximum atomic E-state index is 5.46. The number of hydrogen-bond acceptors (Lipinski definition) is 2. The van der Waals surface area contributed by atoms with E-state index in [0.29, 0.717) is 0 Å².